The van der Waals surface area contributed by atoms with Gasteiger partial charge >= 0.3 is 0 Å². The summed E-state index contributed by atoms with van der Waals surface area (Å²) in [6.07, 6.45) is 1.99. The summed E-state index contributed by atoms with van der Waals surface area (Å²) in [5, 5.41) is 9.84. The zero-order valence-electron chi connectivity index (χ0n) is 8.29. The minimum Gasteiger partial charge on any atom is -0.389 e. The van der Waals surface area contributed by atoms with Gasteiger partial charge in [-0.05, 0) is 26.3 Å². The Balaban J connectivity index is 2.39. The summed E-state index contributed by atoms with van der Waals surface area (Å²) >= 11 is 4.17. The molecule has 1 aliphatic rings. The van der Waals surface area contributed by atoms with Crippen molar-refractivity contribution in [3.8, 4) is 0 Å². The lowest BCUT2D eigenvalue weighted by Gasteiger charge is -2.37. The molecule has 1 saturated heterocycles. The Kier molecular flexibility index (Phi) is 3.83. The van der Waals surface area contributed by atoms with Crippen molar-refractivity contribution in [1.29, 1.82) is 0 Å². The van der Waals surface area contributed by atoms with Crippen LogP contribution in [0.5, 0.6) is 0 Å². The molecule has 1 atom stereocenters. The van der Waals surface area contributed by atoms with E-state index in [9.17, 15) is 5.11 Å². The number of hydrogen-bond donors (Lipinski definition) is 2. The van der Waals surface area contributed by atoms with E-state index in [2.05, 4.69) is 24.1 Å². The fourth-order valence-electron chi connectivity index (χ4n) is 1.82. The van der Waals surface area contributed by atoms with Crippen molar-refractivity contribution in [2.75, 3.05) is 25.4 Å². The van der Waals surface area contributed by atoms with E-state index < -0.39 is 5.60 Å². The molecule has 1 heterocycles. The van der Waals surface area contributed by atoms with Crippen molar-refractivity contribution >= 4 is 12.6 Å². The van der Waals surface area contributed by atoms with Gasteiger partial charge in [-0.2, -0.15) is 12.6 Å². The molecule has 0 aromatic heterocycles. The first-order valence-corrected chi connectivity index (χ1v) is 5.39. The second-order valence-corrected chi connectivity index (χ2v) is 4.54. The summed E-state index contributed by atoms with van der Waals surface area (Å²) in [7, 11) is 0. The summed E-state index contributed by atoms with van der Waals surface area (Å²) in [4.78, 5) is 2.25. The third-order valence-electron chi connectivity index (χ3n) is 2.42. The molecule has 2 nitrogen and oxygen atoms in total. The normalized spacial score (nSPS) is 30.4. The molecule has 0 aromatic carbocycles. The maximum Gasteiger partial charge on any atom is 0.0746 e. The van der Waals surface area contributed by atoms with Crippen LogP contribution in [-0.2, 0) is 0 Å². The number of likely N-dealkylation sites (tertiary alicyclic amines) is 1. The molecule has 0 bridgehead atoms. The van der Waals surface area contributed by atoms with E-state index in [0.717, 1.165) is 43.8 Å². The van der Waals surface area contributed by atoms with E-state index >= 15 is 0 Å². The first kappa shape index (κ1) is 11.1. The van der Waals surface area contributed by atoms with Gasteiger partial charge in [0.1, 0.15) is 0 Å². The predicted octanol–water partition coefficient (Wildman–Crippen LogP) is 1.32. The van der Waals surface area contributed by atoms with Gasteiger partial charge in [-0.25, -0.2) is 0 Å². The third-order valence-corrected chi connectivity index (χ3v) is 2.87. The van der Waals surface area contributed by atoms with Crippen molar-refractivity contribution in [2.45, 2.75) is 25.4 Å². The number of aliphatic hydroxyl groups is 1. The van der Waals surface area contributed by atoms with Gasteiger partial charge in [-0.1, -0.05) is 12.2 Å². The molecule has 13 heavy (non-hydrogen) atoms. The fraction of sp³-hybridized carbons (Fsp3) is 0.800. The number of β-amino-alcohol motifs (C(OH)–C–C–N with tert-alkyl or cyclic N) is 1. The lowest BCUT2D eigenvalue weighted by molar-refractivity contribution is -0.0123. The molecular weight excluding hydrogens is 182 g/mol. The van der Waals surface area contributed by atoms with Crippen LogP contribution < -0.4 is 0 Å². The topological polar surface area (TPSA) is 23.5 Å². The summed E-state index contributed by atoms with van der Waals surface area (Å²) in [5.74, 6) is 0.735. The van der Waals surface area contributed by atoms with Crippen molar-refractivity contribution in [2.24, 2.45) is 0 Å². The Morgan fingerprint density at radius 1 is 1.69 bits per heavy atom. The molecular formula is C10H19NOS. The molecule has 0 radical (unpaired) electrons. The third kappa shape index (κ3) is 3.71. The van der Waals surface area contributed by atoms with Crippen molar-refractivity contribution in [3.63, 3.8) is 0 Å². The van der Waals surface area contributed by atoms with Crippen molar-refractivity contribution in [3.05, 3.63) is 12.2 Å². The average molecular weight is 201 g/mol. The summed E-state index contributed by atoms with van der Waals surface area (Å²) in [5.41, 5.74) is 0.621. The molecule has 1 aliphatic heterocycles. The van der Waals surface area contributed by atoms with Crippen LogP contribution in [0.25, 0.3) is 0 Å². The maximum atomic E-state index is 9.84. The first-order chi connectivity index (χ1) is 6.03. The van der Waals surface area contributed by atoms with Gasteiger partial charge in [0.2, 0.25) is 0 Å². The Labute approximate surface area is 86.0 Å². The van der Waals surface area contributed by atoms with Crippen LogP contribution in [0, 0.1) is 0 Å². The van der Waals surface area contributed by atoms with E-state index in [-0.39, 0.29) is 0 Å². The van der Waals surface area contributed by atoms with Gasteiger partial charge in [0, 0.05) is 18.8 Å². The van der Waals surface area contributed by atoms with Crippen molar-refractivity contribution in [1.82, 2.24) is 4.90 Å². The van der Waals surface area contributed by atoms with E-state index in [1.807, 2.05) is 6.92 Å². The average Bonchev–Trinajstić information content (AvgIpc) is 2.02. The van der Waals surface area contributed by atoms with Crippen LogP contribution in [0.2, 0.25) is 0 Å². The molecule has 0 spiro atoms. The summed E-state index contributed by atoms with van der Waals surface area (Å²) < 4.78 is 0. The largest absolute Gasteiger partial charge is 0.389 e. The first-order valence-electron chi connectivity index (χ1n) is 4.76. The summed E-state index contributed by atoms with van der Waals surface area (Å²) in [6, 6.07) is 0. The van der Waals surface area contributed by atoms with Crippen LogP contribution >= 0.6 is 12.6 Å². The Hall–Kier alpha value is 0.01000. The standard InChI is InChI=1S/C10H19NOS/c1-9(7-13)6-11-5-3-4-10(2,12)8-11/h12-13H,1,3-8H2,2H3. The molecule has 0 amide bonds. The maximum absolute atomic E-state index is 9.84. The van der Waals surface area contributed by atoms with Gasteiger partial charge in [0.25, 0.3) is 0 Å². The number of thiol groups is 1. The zero-order chi connectivity index (χ0) is 9.90. The molecule has 0 aliphatic carbocycles. The lowest BCUT2D eigenvalue weighted by atomic mass is 9.95. The van der Waals surface area contributed by atoms with E-state index in [0.29, 0.717) is 0 Å². The predicted molar refractivity (Wildman–Crippen MR) is 59.3 cm³/mol. The van der Waals surface area contributed by atoms with E-state index in [1.165, 1.54) is 0 Å². The molecule has 3 heteroatoms. The monoisotopic (exact) mass is 201 g/mol. The molecule has 1 unspecified atom stereocenters. The molecule has 0 saturated carbocycles. The van der Waals surface area contributed by atoms with E-state index in [4.69, 9.17) is 0 Å². The Bertz CT molecular complexity index is 191. The molecule has 1 rings (SSSR count). The number of hydrogen-bond acceptors (Lipinski definition) is 3. The minimum atomic E-state index is -0.505. The SMILES string of the molecule is C=C(CS)CN1CCCC(C)(O)C1. The molecule has 0 aromatic rings. The van der Waals surface area contributed by atoms with Crippen LogP contribution in [0.1, 0.15) is 19.8 Å². The number of piperidine rings is 1. The van der Waals surface area contributed by atoms with Gasteiger partial charge in [0.05, 0.1) is 5.60 Å². The quantitative estimate of drug-likeness (QED) is 0.531. The van der Waals surface area contributed by atoms with Gasteiger partial charge < -0.3 is 5.11 Å². The van der Waals surface area contributed by atoms with E-state index in [1.54, 1.807) is 0 Å². The second-order valence-electron chi connectivity index (χ2n) is 4.22. The van der Waals surface area contributed by atoms with Gasteiger partial charge in [0.15, 0.2) is 0 Å². The van der Waals surface area contributed by atoms with Gasteiger partial charge in [-0.15, -0.1) is 0 Å². The van der Waals surface area contributed by atoms with Gasteiger partial charge in [-0.3, -0.25) is 4.90 Å². The van der Waals surface area contributed by atoms with Crippen LogP contribution in [0.4, 0.5) is 0 Å². The highest BCUT2D eigenvalue weighted by molar-refractivity contribution is 7.80. The number of nitrogens with zero attached hydrogens (tertiary/aromatic N) is 1. The minimum absolute atomic E-state index is 0.505. The molecule has 1 N–H and O–H groups in total. The molecule has 76 valence electrons. The number of rotatable bonds is 3. The fourth-order valence-corrected chi connectivity index (χ4v) is 1.92. The lowest BCUT2D eigenvalue weighted by Crippen LogP contribution is -2.46. The summed E-state index contributed by atoms with van der Waals surface area (Å²) in [6.45, 7) is 8.53. The molecule has 1 fully saturated rings. The Morgan fingerprint density at radius 3 is 2.92 bits per heavy atom. The highest BCUT2D eigenvalue weighted by Gasteiger charge is 2.27. The van der Waals surface area contributed by atoms with Crippen LogP contribution in [0.3, 0.4) is 0 Å². The Morgan fingerprint density at radius 2 is 2.38 bits per heavy atom. The van der Waals surface area contributed by atoms with Crippen LogP contribution in [0.15, 0.2) is 12.2 Å². The highest BCUT2D eigenvalue weighted by Crippen LogP contribution is 2.20. The second kappa shape index (κ2) is 4.49. The highest BCUT2D eigenvalue weighted by atomic mass is 32.1. The smallest absolute Gasteiger partial charge is 0.0746 e. The van der Waals surface area contributed by atoms with Crippen LogP contribution in [-0.4, -0.2) is 41.0 Å². The zero-order valence-corrected chi connectivity index (χ0v) is 9.19. The van der Waals surface area contributed by atoms with Crippen molar-refractivity contribution < 1.29 is 5.11 Å².